The van der Waals surface area contributed by atoms with E-state index in [0.717, 1.165) is 25.2 Å². The summed E-state index contributed by atoms with van der Waals surface area (Å²) in [5.41, 5.74) is 1.56. The summed E-state index contributed by atoms with van der Waals surface area (Å²) in [4.78, 5) is 4.40. The summed E-state index contributed by atoms with van der Waals surface area (Å²) in [5.74, 6) is 0.186. The van der Waals surface area contributed by atoms with E-state index in [9.17, 15) is 4.39 Å². The minimum atomic E-state index is -0.167. The molecule has 0 amide bonds. The maximum absolute atomic E-state index is 14.0. The van der Waals surface area contributed by atoms with E-state index in [2.05, 4.69) is 23.8 Å². The lowest BCUT2D eigenvalue weighted by molar-refractivity contribution is 0.274. The summed E-state index contributed by atoms with van der Waals surface area (Å²) < 4.78 is 14.0. The van der Waals surface area contributed by atoms with Crippen LogP contribution in [0.25, 0.3) is 0 Å². The minimum absolute atomic E-state index is 0.167. The molecule has 1 aliphatic heterocycles. The Hall–Kier alpha value is -0.800. The van der Waals surface area contributed by atoms with Crippen LogP contribution < -0.4 is 4.90 Å². The Morgan fingerprint density at radius 2 is 2.18 bits per heavy atom. The SMILES string of the molecule is CC1CN(C)CCN1c1c(F)cccc1CCl. The average Bonchev–Trinajstić information content (AvgIpc) is 2.30. The number of hydrogen-bond donors (Lipinski definition) is 0. The number of hydrogen-bond acceptors (Lipinski definition) is 2. The molecule has 17 heavy (non-hydrogen) atoms. The number of para-hydroxylation sites is 1. The molecular formula is C13H18ClFN2. The van der Waals surface area contributed by atoms with Crippen LogP contribution in [-0.4, -0.2) is 37.6 Å². The molecule has 1 saturated heterocycles. The molecule has 0 bridgehead atoms. The van der Waals surface area contributed by atoms with E-state index >= 15 is 0 Å². The zero-order valence-corrected chi connectivity index (χ0v) is 11.0. The largest absolute Gasteiger partial charge is 0.364 e. The van der Waals surface area contributed by atoms with Gasteiger partial charge in [-0.05, 0) is 25.6 Å². The number of rotatable bonds is 2. The molecule has 1 atom stereocenters. The number of nitrogens with zero attached hydrogens (tertiary/aromatic N) is 2. The van der Waals surface area contributed by atoms with E-state index in [4.69, 9.17) is 11.6 Å². The van der Waals surface area contributed by atoms with Crippen LogP contribution in [-0.2, 0) is 5.88 Å². The summed E-state index contributed by atoms with van der Waals surface area (Å²) in [6, 6.07) is 5.44. The fourth-order valence-electron chi connectivity index (χ4n) is 2.46. The predicted molar refractivity (Wildman–Crippen MR) is 70.3 cm³/mol. The monoisotopic (exact) mass is 256 g/mol. The first-order valence-corrected chi connectivity index (χ1v) is 6.45. The van der Waals surface area contributed by atoms with Crippen molar-refractivity contribution in [3.63, 3.8) is 0 Å². The van der Waals surface area contributed by atoms with Gasteiger partial charge in [-0.25, -0.2) is 4.39 Å². The Bertz CT molecular complexity index is 397. The zero-order valence-electron chi connectivity index (χ0n) is 10.3. The molecule has 0 radical (unpaired) electrons. The Balaban J connectivity index is 2.33. The van der Waals surface area contributed by atoms with Gasteiger partial charge < -0.3 is 9.80 Å². The topological polar surface area (TPSA) is 6.48 Å². The highest BCUT2D eigenvalue weighted by Crippen LogP contribution is 2.28. The van der Waals surface area contributed by atoms with E-state index in [0.29, 0.717) is 17.6 Å². The summed E-state index contributed by atoms with van der Waals surface area (Å²) in [6.07, 6.45) is 0. The number of alkyl halides is 1. The first-order valence-electron chi connectivity index (χ1n) is 5.92. The molecule has 0 N–H and O–H groups in total. The average molecular weight is 257 g/mol. The Morgan fingerprint density at radius 1 is 1.41 bits per heavy atom. The normalized spacial score (nSPS) is 21.9. The molecule has 1 unspecified atom stereocenters. The molecule has 1 heterocycles. The first-order chi connectivity index (χ1) is 8.13. The maximum atomic E-state index is 14.0. The van der Waals surface area contributed by atoms with Gasteiger partial charge in [-0.15, -0.1) is 11.6 Å². The fourth-order valence-corrected chi connectivity index (χ4v) is 2.68. The van der Waals surface area contributed by atoms with E-state index in [1.54, 1.807) is 6.07 Å². The van der Waals surface area contributed by atoms with Crippen LogP contribution >= 0.6 is 11.6 Å². The highest BCUT2D eigenvalue weighted by molar-refractivity contribution is 6.17. The zero-order chi connectivity index (χ0) is 12.4. The summed E-state index contributed by atoms with van der Waals surface area (Å²) in [5, 5.41) is 0. The molecule has 2 nitrogen and oxygen atoms in total. The van der Waals surface area contributed by atoms with E-state index in [1.807, 2.05) is 6.07 Å². The minimum Gasteiger partial charge on any atom is -0.364 e. The first kappa shape index (κ1) is 12.7. The second kappa shape index (κ2) is 5.23. The molecule has 0 saturated carbocycles. The smallest absolute Gasteiger partial charge is 0.146 e. The van der Waals surface area contributed by atoms with Crippen LogP contribution in [0.2, 0.25) is 0 Å². The van der Waals surface area contributed by atoms with Gasteiger partial charge in [0.1, 0.15) is 5.82 Å². The van der Waals surface area contributed by atoms with Crippen molar-refractivity contribution in [2.45, 2.75) is 18.8 Å². The molecule has 0 aromatic heterocycles. The molecule has 1 aliphatic rings. The molecule has 2 rings (SSSR count). The van der Waals surface area contributed by atoms with Crippen molar-refractivity contribution in [2.24, 2.45) is 0 Å². The maximum Gasteiger partial charge on any atom is 0.146 e. The second-order valence-corrected chi connectivity index (χ2v) is 4.95. The van der Waals surface area contributed by atoms with Gasteiger partial charge in [0.25, 0.3) is 0 Å². The van der Waals surface area contributed by atoms with E-state index < -0.39 is 0 Å². The molecule has 4 heteroatoms. The van der Waals surface area contributed by atoms with Gasteiger partial charge in [0.2, 0.25) is 0 Å². The Labute approximate surface area is 107 Å². The van der Waals surface area contributed by atoms with Crippen LogP contribution in [0.1, 0.15) is 12.5 Å². The van der Waals surface area contributed by atoms with Gasteiger partial charge in [-0.2, -0.15) is 0 Å². The summed E-state index contributed by atoms with van der Waals surface area (Å²) >= 11 is 5.90. The Kier molecular flexibility index (Phi) is 3.89. The molecule has 0 spiro atoms. The van der Waals surface area contributed by atoms with Gasteiger partial charge in [0, 0.05) is 31.6 Å². The molecule has 94 valence electrons. The van der Waals surface area contributed by atoms with Crippen molar-refractivity contribution in [1.29, 1.82) is 0 Å². The molecular weight excluding hydrogens is 239 g/mol. The van der Waals surface area contributed by atoms with Crippen molar-refractivity contribution < 1.29 is 4.39 Å². The number of halogens is 2. The Morgan fingerprint density at radius 3 is 2.82 bits per heavy atom. The van der Waals surface area contributed by atoms with Gasteiger partial charge in [0.05, 0.1) is 5.69 Å². The van der Waals surface area contributed by atoms with Gasteiger partial charge >= 0.3 is 0 Å². The third kappa shape index (κ3) is 2.55. The lowest BCUT2D eigenvalue weighted by Crippen LogP contribution is -2.51. The number of anilines is 1. The summed E-state index contributed by atoms with van der Waals surface area (Å²) in [7, 11) is 2.09. The third-order valence-corrected chi connectivity index (χ3v) is 3.62. The number of benzene rings is 1. The second-order valence-electron chi connectivity index (χ2n) is 4.69. The molecule has 1 aromatic rings. The van der Waals surface area contributed by atoms with Crippen molar-refractivity contribution in [3.8, 4) is 0 Å². The van der Waals surface area contributed by atoms with Crippen LogP contribution in [0, 0.1) is 5.82 Å². The molecule has 0 aliphatic carbocycles. The highest BCUT2D eigenvalue weighted by atomic mass is 35.5. The fraction of sp³-hybridized carbons (Fsp3) is 0.538. The van der Waals surface area contributed by atoms with E-state index in [1.165, 1.54) is 6.07 Å². The van der Waals surface area contributed by atoms with Crippen molar-refractivity contribution >= 4 is 17.3 Å². The number of piperazine rings is 1. The standard InChI is InChI=1S/C13H18ClFN2/c1-10-9-16(2)6-7-17(10)13-11(8-14)4-3-5-12(13)15/h3-5,10H,6-9H2,1-2H3. The summed E-state index contributed by atoms with van der Waals surface area (Å²) in [6.45, 7) is 4.89. The predicted octanol–water partition coefficient (Wildman–Crippen LogP) is 2.70. The van der Waals surface area contributed by atoms with Gasteiger partial charge in [-0.1, -0.05) is 12.1 Å². The van der Waals surface area contributed by atoms with Crippen molar-refractivity contribution in [3.05, 3.63) is 29.6 Å². The lowest BCUT2D eigenvalue weighted by Gasteiger charge is -2.40. The van der Waals surface area contributed by atoms with E-state index in [-0.39, 0.29) is 5.82 Å². The highest BCUT2D eigenvalue weighted by Gasteiger charge is 2.25. The van der Waals surface area contributed by atoms with Crippen molar-refractivity contribution in [2.75, 3.05) is 31.6 Å². The number of likely N-dealkylation sites (N-methyl/N-ethyl adjacent to an activating group) is 1. The third-order valence-electron chi connectivity index (χ3n) is 3.33. The van der Waals surface area contributed by atoms with Gasteiger partial charge in [-0.3, -0.25) is 0 Å². The van der Waals surface area contributed by atoms with Crippen LogP contribution in [0.15, 0.2) is 18.2 Å². The van der Waals surface area contributed by atoms with Crippen molar-refractivity contribution in [1.82, 2.24) is 4.90 Å². The quantitative estimate of drug-likeness (QED) is 0.751. The van der Waals surface area contributed by atoms with Crippen LogP contribution in [0.4, 0.5) is 10.1 Å². The van der Waals surface area contributed by atoms with Crippen LogP contribution in [0.3, 0.4) is 0 Å². The molecule has 1 aromatic carbocycles. The lowest BCUT2D eigenvalue weighted by atomic mass is 10.1. The van der Waals surface area contributed by atoms with Crippen LogP contribution in [0.5, 0.6) is 0 Å². The van der Waals surface area contributed by atoms with Gasteiger partial charge in [0.15, 0.2) is 0 Å². The molecule has 1 fully saturated rings.